The first-order chi connectivity index (χ1) is 12.3. The number of benzene rings is 2. The van der Waals surface area contributed by atoms with Gasteiger partial charge in [-0.25, -0.2) is 14.4 Å². The summed E-state index contributed by atoms with van der Waals surface area (Å²) in [6, 6.07) is 7.16. The standard InChI is InChI=1S/C17H9ClF4N4/c18-10-7-12(19)14-13(8-10)25-15(16-23-5-6-26(14)16)24-11-3-1-9(2-4-11)17(20,21)22/h1-8H,(H,24,25). The van der Waals surface area contributed by atoms with Gasteiger partial charge in [0.25, 0.3) is 0 Å². The van der Waals surface area contributed by atoms with E-state index < -0.39 is 17.6 Å². The predicted octanol–water partition coefficient (Wildman–Crippen LogP) is 5.44. The molecule has 4 rings (SSSR count). The number of anilines is 2. The molecule has 2 aromatic carbocycles. The fraction of sp³-hybridized carbons (Fsp3) is 0.0588. The van der Waals surface area contributed by atoms with Crippen LogP contribution >= 0.6 is 11.6 Å². The van der Waals surface area contributed by atoms with E-state index in [9.17, 15) is 17.6 Å². The summed E-state index contributed by atoms with van der Waals surface area (Å²) in [6.07, 6.45) is -1.37. The summed E-state index contributed by atoms with van der Waals surface area (Å²) in [5, 5.41) is 3.10. The lowest BCUT2D eigenvalue weighted by Gasteiger charge is -2.12. The monoisotopic (exact) mass is 380 g/mol. The molecule has 4 nitrogen and oxygen atoms in total. The first-order valence-electron chi connectivity index (χ1n) is 7.39. The Hall–Kier alpha value is -2.87. The van der Waals surface area contributed by atoms with Crippen molar-refractivity contribution in [3.63, 3.8) is 0 Å². The highest BCUT2D eigenvalue weighted by atomic mass is 35.5. The van der Waals surface area contributed by atoms with E-state index in [2.05, 4.69) is 15.3 Å². The molecule has 26 heavy (non-hydrogen) atoms. The fourth-order valence-electron chi connectivity index (χ4n) is 2.67. The lowest BCUT2D eigenvalue weighted by Crippen LogP contribution is -2.05. The fourth-order valence-corrected chi connectivity index (χ4v) is 2.87. The lowest BCUT2D eigenvalue weighted by molar-refractivity contribution is -0.137. The largest absolute Gasteiger partial charge is 0.416 e. The smallest absolute Gasteiger partial charge is 0.337 e. The number of hydrogen-bond acceptors (Lipinski definition) is 3. The third kappa shape index (κ3) is 2.82. The van der Waals surface area contributed by atoms with Crippen molar-refractivity contribution in [1.29, 1.82) is 0 Å². The van der Waals surface area contributed by atoms with Crippen LogP contribution in [0.4, 0.5) is 29.1 Å². The molecule has 9 heteroatoms. The van der Waals surface area contributed by atoms with Crippen molar-refractivity contribution >= 4 is 39.8 Å². The molecule has 0 atom stereocenters. The van der Waals surface area contributed by atoms with E-state index in [1.165, 1.54) is 34.9 Å². The minimum Gasteiger partial charge on any atom is -0.337 e. The van der Waals surface area contributed by atoms with Crippen LogP contribution in [-0.2, 0) is 6.18 Å². The highest BCUT2D eigenvalue weighted by Crippen LogP contribution is 2.31. The molecule has 0 saturated carbocycles. The van der Waals surface area contributed by atoms with E-state index in [1.54, 1.807) is 6.20 Å². The van der Waals surface area contributed by atoms with E-state index >= 15 is 0 Å². The van der Waals surface area contributed by atoms with Gasteiger partial charge in [-0.15, -0.1) is 0 Å². The maximum absolute atomic E-state index is 14.3. The Morgan fingerprint density at radius 1 is 1.08 bits per heavy atom. The highest BCUT2D eigenvalue weighted by Gasteiger charge is 2.30. The molecule has 4 aromatic rings. The molecule has 0 radical (unpaired) electrons. The topological polar surface area (TPSA) is 42.2 Å². The molecular formula is C17H9ClF4N4. The van der Waals surface area contributed by atoms with Crippen LogP contribution in [0, 0.1) is 5.82 Å². The third-order valence-electron chi connectivity index (χ3n) is 3.81. The zero-order valence-corrected chi connectivity index (χ0v) is 13.6. The molecule has 0 unspecified atom stereocenters. The SMILES string of the molecule is Fc1cc(Cl)cc2nc(Nc3ccc(C(F)(F)F)cc3)c3nccn3c12. The number of halogens is 5. The summed E-state index contributed by atoms with van der Waals surface area (Å²) in [6.45, 7) is 0. The molecule has 0 amide bonds. The number of imidazole rings is 1. The Labute approximate surface area is 149 Å². The molecule has 0 aliphatic rings. The quantitative estimate of drug-likeness (QED) is 0.471. The molecule has 0 fully saturated rings. The minimum absolute atomic E-state index is 0.183. The second-order valence-corrected chi connectivity index (χ2v) is 5.97. The van der Waals surface area contributed by atoms with Gasteiger partial charge in [0.1, 0.15) is 5.52 Å². The molecule has 0 aliphatic heterocycles. The summed E-state index contributed by atoms with van der Waals surface area (Å²) in [7, 11) is 0. The summed E-state index contributed by atoms with van der Waals surface area (Å²) >= 11 is 5.89. The number of aromatic nitrogens is 3. The van der Waals surface area contributed by atoms with Gasteiger partial charge in [-0.2, -0.15) is 13.2 Å². The first kappa shape index (κ1) is 16.6. The predicted molar refractivity (Wildman–Crippen MR) is 90.2 cm³/mol. The molecule has 0 bridgehead atoms. The first-order valence-corrected chi connectivity index (χ1v) is 7.77. The number of nitrogens with one attached hydrogen (secondary N) is 1. The van der Waals surface area contributed by atoms with Crippen LogP contribution in [0.5, 0.6) is 0 Å². The summed E-state index contributed by atoms with van der Waals surface area (Å²) in [5.41, 5.74) is 0.458. The van der Waals surface area contributed by atoms with E-state index in [1.807, 2.05) is 0 Å². The van der Waals surface area contributed by atoms with Crippen molar-refractivity contribution in [2.45, 2.75) is 6.18 Å². The van der Waals surface area contributed by atoms with Crippen LogP contribution < -0.4 is 5.32 Å². The van der Waals surface area contributed by atoms with Gasteiger partial charge in [-0.3, -0.25) is 4.40 Å². The molecular weight excluding hydrogens is 372 g/mol. The normalized spacial score (nSPS) is 12.0. The zero-order chi connectivity index (χ0) is 18.5. The molecule has 0 saturated heterocycles. The number of hydrogen-bond donors (Lipinski definition) is 1. The molecule has 1 N–H and O–H groups in total. The van der Waals surface area contributed by atoms with Crippen molar-refractivity contribution in [2.24, 2.45) is 0 Å². The van der Waals surface area contributed by atoms with Crippen molar-refractivity contribution in [2.75, 3.05) is 5.32 Å². The second kappa shape index (κ2) is 5.84. The van der Waals surface area contributed by atoms with Gasteiger partial charge in [0.05, 0.1) is 11.1 Å². The Morgan fingerprint density at radius 3 is 2.50 bits per heavy atom. The molecule has 132 valence electrons. The van der Waals surface area contributed by atoms with Gasteiger partial charge in [0.15, 0.2) is 17.3 Å². The third-order valence-corrected chi connectivity index (χ3v) is 4.03. The minimum atomic E-state index is -4.41. The van der Waals surface area contributed by atoms with Crippen LogP contribution in [0.1, 0.15) is 5.56 Å². The average Bonchev–Trinajstić information content (AvgIpc) is 3.03. The summed E-state index contributed by atoms with van der Waals surface area (Å²) in [5.74, 6) is -0.284. The van der Waals surface area contributed by atoms with Crippen LogP contribution in [0.15, 0.2) is 48.8 Å². The van der Waals surface area contributed by atoms with Gasteiger partial charge >= 0.3 is 6.18 Å². The van der Waals surface area contributed by atoms with Gasteiger partial charge < -0.3 is 5.32 Å². The maximum Gasteiger partial charge on any atom is 0.416 e. The van der Waals surface area contributed by atoms with E-state index in [-0.39, 0.29) is 21.9 Å². The average molecular weight is 381 g/mol. The number of alkyl halides is 3. The Balaban J connectivity index is 1.82. The van der Waals surface area contributed by atoms with Crippen LogP contribution in [0.3, 0.4) is 0 Å². The van der Waals surface area contributed by atoms with Crippen molar-refractivity contribution in [1.82, 2.24) is 14.4 Å². The van der Waals surface area contributed by atoms with Crippen molar-refractivity contribution in [3.8, 4) is 0 Å². The van der Waals surface area contributed by atoms with Gasteiger partial charge in [-0.1, -0.05) is 11.6 Å². The second-order valence-electron chi connectivity index (χ2n) is 5.54. The van der Waals surface area contributed by atoms with E-state index in [0.29, 0.717) is 11.3 Å². The Morgan fingerprint density at radius 2 is 1.81 bits per heavy atom. The number of nitrogens with zero attached hydrogens (tertiary/aromatic N) is 3. The summed E-state index contributed by atoms with van der Waals surface area (Å²) in [4.78, 5) is 8.47. The molecule has 2 aromatic heterocycles. The summed E-state index contributed by atoms with van der Waals surface area (Å²) < 4.78 is 53.8. The molecule has 2 heterocycles. The Bertz CT molecular complexity index is 1120. The van der Waals surface area contributed by atoms with Crippen LogP contribution in [0.25, 0.3) is 16.7 Å². The molecule has 0 aliphatic carbocycles. The van der Waals surface area contributed by atoms with E-state index in [0.717, 1.165) is 12.1 Å². The number of fused-ring (bicyclic) bond motifs is 3. The zero-order valence-electron chi connectivity index (χ0n) is 12.9. The lowest BCUT2D eigenvalue weighted by atomic mass is 10.2. The van der Waals surface area contributed by atoms with Gasteiger partial charge in [0.2, 0.25) is 0 Å². The number of rotatable bonds is 2. The van der Waals surface area contributed by atoms with Gasteiger partial charge in [-0.05, 0) is 36.4 Å². The highest BCUT2D eigenvalue weighted by molar-refractivity contribution is 6.31. The van der Waals surface area contributed by atoms with Crippen molar-refractivity contribution < 1.29 is 17.6 Å². The molecule has 0 spiro atoms. The van der Waals surface area contributed by atoms with Crippen LogP contribution in [-0.4, -0.2) is 14.4 Å². The van der Waals surface area contributed by atoms with Crippen molar-refractivity contribution in [3.05, 3.63) is 65.2 Å². The van der Waals surface area contributed by atoms with E-state index in [4.69, 9.17) is 11.6 Å². The van der Waals surface area contributed by atoms with Gasteiger partial charge in [0, 0.05) is 23.1 Å². The Kier molecular flexibility index (Phi) is 3.73. The maximum atomic E-state index is 14.3. The van der Waals surface area contributed by atoms with Crippen LogP contribution in [0.2, 0.25) is 5.02 Å².